The molecule has 2 amide bonds. The van der Waals surface area contributed by atoms with Gasteiger partial charge >= 0.3 is 0 Å². The zero-order chi connectivity index (χ0) is 19.8. The molecule has 0 bridgehead atoms. The lowest BCUT2D eigenvalue weighted by Crippen LogP contribution is -2.29. The summed E-state index contributed by atoms with van der Waals surface area (Å²) in [6, 6.07) is 9.60. The van der Waals surface area contributed by atoms with Gasteiger partial charge in [0.1, 0.15) is 0 Å². The minimum absolute atomic E-state index is 0.0922. The van der Waals surface area contributed by atoms with Gasteiger partial charge in [0.05, 0.1) is 29.8 Å². The van der Waals surface area contributed by atoms with Gasteiger partial charge in [-0.25, -0.2) is 0 Å². The van der Waals surface area contributed by atoms with Crippen molar-refractivity contribution in [1.82, 2.24) is 29.7 Å². The summed E-state index contributed by atoms with van der Waals surface area (Å²) in [6.07, 6.45) is 7.45. The molecule has 0 spiro atoms. The van der Waals surface area contributed by atoms with Crippen LogP contribution in [0, 0.1) is 0 Å². The molecule has 2 aliphatic rings. The topological polar surface area (TPSA) is 89.2 Å². The van der Waals surface area contributed by atoms with Gasteiger partial charge in [-0.3, -0.25) is 14.3 Å². The molecule has 2 saturated heterocycles. The first kappa shape index (κ1) is 17.6. The summed E-state index contributed by atoms with van der Waals surface area (Å²) in [4.78, 5) is 29.8. The predicted octanol–water partition coefficient (Wildman–Crippen LogP) is 1.68. The van der Waals surface area contributed by atoms with E-state index in [1.807, 2.05) is 41.2 Å². The van der Waals surface area contributed by atoms with Gasteiger partial charge in [-0.05, 0) is 25.0 Å². The number of para-hydroxylation sites is 1. The summed E-state index contributed by atoms with van der Waals surface area (Å²) < 4.78 is 1.87. The first-order valence-corrected chi connectivity index (χ1v) is 9.80. The first-order chi connectivity index (χ1) is 14.2. The summed E-state index contributed by atoms with van der Waals surface area (Å²) in [5.74, 6) is 0.0195. The number of hydrogen-bond donors (Lipinski definition) is 0. The number of amides is 2. The Bertz CT molecular complexity index is 1040. The van der Waals surface area contributed by atoms with E-state index in [0.717, 1.165) is 30.8 Å². The van der Waals surface area contributed by atoms with Crippen molar-refractivity contribution in [3.63, 3.8) is 0 Å². The van der Waals surface area contributed by atoms with Crippen molar-refractivity contribution in [3.8, 4) is 5.69 Å². The molecule has 1 atom stereocenters. The van der Waals surface area contributed by atoms with E-state index in [9.17, 15) is 9.59 Å². The van der Waals surface area contributed by atoms with Crippen LogP contribution in [-0.2, 0) is 4.79 Å². The van der Waals surface area contributed by atoms with Crippen molar-refractivity contribution in [2.45, 2.75) is 25.3 Å². The second-order valence-corrected chi connectivity index (χ2v) is 7.38. The number of carbonyl (C=O) groups is 2. The van der Waals surface area contributed by atoms with Gasteiger partial charge in [0, 0.05) is 32.3 Å². The highest BCUT2D eigenvalue weighted by molar-refractivity contribution is 5.95. The monoisotopic (exact) mass is 391 g/mol. The van der Waals surface area contributed by atoms with E-state index in [1.54, 1.807) is 16.0 Å². The van der Waals surface area contributed by atoms with Crippen molar-refractivity contribution < 1.29 is 9.59 Å². The van der Waals surface area contributed by atoms with Crippen molar-refractivity contribution in [1.29, 1.82) is 0 Å². The molecular weight excluding hydrogens is 370 g/mol. The third-order valence-corrected chi connectivity index (χ3v) is 5.50. The lowest BCUT2D eigenvalue weighted by atomic mass is 10.3. The predicted molar refractivity (Wildman–Crippen MR) is 105 cm³/mol. The maximum Gasteiger partial charge on any atom is 0.276 e. The standard InChI is InChI=1S/C20H21N7O2/c28-19-7-4-9-25(19)17-11-21-26(14-17)16-8-10-24(13-16)20(29)18-12-22-27(23-18)15-5-2-1-3-6-15/h1-3,5-6,11-12,14,16H,4,7-10,13H2. The van der Waals surface area contributed by atoms with Gasteiger partial charge in [-0.15, -0.1) is 5.10 Å². The van der Waals surface area contributed by atoms with E-state index in [1.165, 1.54) is 11.0 Å². The van der Waals surface area contributed by atoms with Crippen LogP contribution in [0.3, 0.4) is 0 Å². The zero-order valence-electron chi connectivity index (χ0n) is 15.9. The normalized spacial score (nSPS) is 19.3. The van der Waals surface area contributed by atoms with Crippen molar-refractivity contribution >= 4 is 17.5 Å². The highest BCUT2D eigenvalue weighted by Crippen LogP contribution is 2.26. The van der Waals surface area contributed by atoms with E-state index < -0.39 is 0 Å². The lowest BCUT2D eigenvalue weighted by Gasteiger charge is -2.15. The number of carbonyl (C=O) groups excluding carboxylic acids is 2. The van der Waals surface area contributed by atoms with Gasteiger partial charge in [0.25, 0.3) is 5.91 Å². The van der Waals surface area contributed by atoms with Crippen LogP contribution in [-0.4, -0.2) is 61.1 Å². The van der Waals surface area contributed by atoms with Crippen LogP contribution in [0.1, 0.15) is 35.8 Å². The van der Waals surface area contributed by atoms with Crippen molar-refractivity contribution in [3.05, 3.63) is 54.6 Å². The summed E-state index contributed by atoms with van der Waals surface area (Å²) in [6.45, 7) is 1.95. The van der Waals surface area contributed by atoms with Gasteiger partial charge < -0.3 is 9.80 Å². The Morgan fingerprint density at radius 1 is 1.03 bits per heavy atom. The number of anilines is 1. The van der Waals surface area contributed by atoms with Crippen molar-refractivity contribution in [2.24, 2.45) is 0 Å². The molecular formula is C20H21N7O2. The zero-order valence-corrected chi connectivity index (χ0v) is 15.9. The second-order valence-electron chi connectivity index (χ2n) is 7.38. The SMILES string of the molecule is O=C(c1cnn(-c2ccccc2)n1)N1CCC(n2cc(N3CCCC3=O)cn2)C1. The molecule has 9 nitrogen and oxygen atoms in total. The lowest BCUT2D eigenvalue weighted by molar-refractivity contribution is -0.117. The van der Waals surface area contributed by atoms with Crippen LogP contribution in [0.4, 0.5) is 5.69 Å². The molecule has 3 aromatic rings. The molecule has 0 aliphatic carbocycles. The van der Waals surface area contributed by atoms with Crippen molar-refractivity contribution in [2.75, 3.05) is 24.5 Å². The number of aromatic nitrogens is 5. The first-order valence-electron chi connectivity index (χ1n) is 9.80. The van der Waals surface area contributed by atoms with Gasteiger partial charge in [0.2, 0.25) is 5.91 Å². The number of likely N-dealkylation sites (tertiary alicyclic amines) is 1. The quantitative estimate of drug-likeness (QED) is 0.675. The number of rotatable bonds is 4. The summed E-state index contributed by atoms with van der Waals surface area (Å²) in [7, 11) is 0. The Kier molecular flexibility index (Phi) is 4.34. The molecule has 2 aromatic heterocycles. The summed E-state index contributed by atoms with van der Waals surface area (Å²) in [5, 5.41) is 13.0. The van der Waals surface area contributed by atoms with Crippen LogP contribution in [0.5, 0.6) is 0 Å². The molecule has 2 fully saturated rings. The molecule has 29 heavy (non-hydrogen) atoms. The Morgan fingerprint density at radius 3 is 2.69 bits per heavy atom. The Balaban J connectivity index is 1.26. The molecule has 2 aliphatic heterocycles. The average molecular weight is 391 g/mol. The van der Waals surface area contributed by atoms with Gasteiger partial charge in [-0.1, -0.05) is 18.2 Å². The smallest absolute Gasteiger partial charge is 0.276 e. The van der Waals surface area contributed by atoms with Crippen LogP contribution in [0.15, 0.2) is 48.9 Å². The molecule has 1 unspecified atom stereocenters. The second kappa shape index (κ2) is 7.16. The largest absolute Gasteiger partial charge is 0.335 e. The van der Waals surface area contributed by atoms with E-state index in [4.69, 9.17) is 0 Å². The molecule has 9 heteroatoms. The Morgan fingerprint density at radius 2 is 1.90 bits per heavy atom. The molecule has 0 N–H and O–H groups in total. The van der Waals surface area contributed by atoms with Crippen LogP contribution >= 0.6 is 0 Å². The van der Waals surface area contributed by atoms with E-state index >= 15 is 0 Å². The maximum absolute atomic E-state index is 12.9. The fourth-order valence-corrected chi connectivity index (χ4v) is 3.94. The highest BCUT2D eigenvalue weighted by Gasteiger charge is 2.31. The highest BCUT2D eigenvalue weighted by atomic mass is 16.2. The third kappa shape index (κ3) is 3.28. The van der Waals surface area contributed by atoms with E-state index in [0.29, 0.717) is 25.2 Å². The Hall–Kier alpha value is -3.49. The fraction of sp³-hybridized carbons (Fsp3) is 0.350. The summed E-state index contributed by atoms with van der Waals surface area (Å²) in [5.41, 5.74) is 1.98. The third-order valence-electron chi connectivity index (χ3n) is 5.50. The van der Waals surface area contributed by atoms with Crippen LogP contribution in [0.2, 0.25) is 0 Å². The Labute approximate surface area is 167 Å². The maximum atomic E-state index is 12.9. The molecule has 0 radical (unpaired) electrons. The molecule has 148 valence electrons. The molecule has 0 saturated carbocycles. The summed E-state index contributed by atoms with van der Waals surface area (Å²) >= 11 is 0. The average Bonchev–Trinajstić information content (AvgIpc) is 3.54. The number of hydrogen-bond acceptors (Lipinski definition) is 5. The van der Waals surface area contributed by atoms with Crippen LogP contribution < -0.4 is 4.90 Å². The van der Waals surface area contributed by atoms with Gasteiger partial charge in [-0.2, -0.15) is 15.0 Å². The number of nitrogens with zero attached hydrogens (tertiary/aromatic N) is 7. The number of benzene rings is 1. The minimum atomic E-state index is -0.128. The minimum Gasteiger partial charge on any atom is -0.335 e. The molecule has 5 rings (SSSR count). The molecule has 1 aromatic carbocycles. The van der Waals surface area contributed by atoms with E-state index in [2.05, 4.69) is 15.3 Å². The molecule has 4 heterocycles. The van der Waals surface area contributed by atoms with E-state index in [-0.39, 0.29) is 17.9 Å². The fourth-order valence-electron chi connectivity index (χ4n) is 3.94. The van der Waals surface area contributed by atoms with Crippen LogP contribution in [0.25, 0.3) is 5.69 Å². The van der Waals surface area contributed by atoms with Gasteiger partial charge in [0.15, 0.2) is 5.69 Å².